The molecule has 4 rings (SSSR count). The molecule has 0 spiro atoms. The number of hydrogen-bond acceptors (Lipinski definition) is 6. The first-order chi connectivity index (χ1) is 13.3. The van der Waals surface area contributed by atoms with Crippen molar-refractivity contribution in [3.63, 3.8) is 0 Å². The monoisotopic (exact) mass is 426 g/mol. The summed E-state index contributed by atoms with van der Waals surface area (Å²) in [4.78, 5) is 9.35. The van der Waals surface area contributed by atoms with E-state index in [1.807, 2.05) is 24.3 Å². The summed E-state index contributed by atoms with van der Waals surface area (Å²) < 4.78 is 7.93. The van der Waals surface area contributed by atoms with Crippen molar-refractivity contribution >= 4 is 38.5 Å². The Balaban J connectivity index is 1.76. The highest BCUT2D eigenvalue weighted by Gasteiger charge is 2.19. The van der Waals surface area contributed by atoms with E-state index in [9.17, 15) is 0 Å². The van der Waals surface area contributed by atoms with Crippen LogP contribution >= 0.6 is 15.9 Å². The number of terminal acetylenes is 1. The van der Waals surface area contributed by atoms with Crippen molar-refractivity contribution in [3.8, 4) is 18.3 Å². The molecular weight excluding hydrogens is 408 g/mol. The molecule has 3 heterocycles. The normalized spacial score (nSPS) is 14.8. The fourth-order valence-electron chi connectivity index (χ4n) is 3.04. The topological polar surface area (TPSA) is 76.9 Å². The second-order valence-corrected chi connectivity index (χ2v) is 7.03. The summed E-state index contributed by atoms with van der Waals surface area (Å²) in [7, 11) is 0. The van der Waals surface area contributed by atoms with Crippen LogP contribution in [0.3, 0.4) is 0 Å². The fraction of sp³-hybridized carbons (Fsp3) is 0.316. The van der Waals surface area contributed by atoms with Crippen molar-refractivity contribution in [1.29, 1.82) is 0 Å². The van der Waals surface area contributed by atoms with E-state index in [1.54, 1.807) is 10.9 Å². The predicted octanol–water partition coefficient (Wildman–Crippen LogP) is 3.21. The molecule has 0 aliphatic carbocycles. The summed E-state index contributed by atoms with van der Waals surface area (Å²) >= 11 is 3.61. The summed E-state index contributed by atoms with van der Waals surface area (Å²) in [5, 5.41) is 12.2. The summed E-state index contributed by atoms with van der Waals surface area (Å²) in [6, 6.07) is 8.25. The average molecular weight is 427 g/mol. The third kappa shape index (κ3) is 3.75. The van der Waals surface area contributed by atoms with E-state index in [1.165, 1.54) is 0 Å². The van der Waals surface area contributed by atoms with Gasteiger partial charge in [-0.05, 0) is 34.8 Å². The van der Waals surface area contributed by atoms with Gasteiger partial charge in [-0.1, -0.05) is 24.1 Å². The third-order valence-electron chi connectivity index (χ3n) is 4.43. The lowest BCUT2D eigenvalue weighted by atomic mass is 10.1. The van der Waals surface area contributed by atoms with Crippen LogP contribution in [-0.2, 0) is 4.74 Å². The number of nitrogens with one attached hydrogen (secondary N) is 2. The van der Waals surface area contributed by atoms with Crippen molar-refractivity contribution in [2.45, 2.75) is 18.9 Å². The van der Waals surface area contributed by atoms with Gasteiger partial charge >= 0.3 is 0 Å². The smallest absolute Gasteiger partial charge is 0.255 e. The van der Waals surface area contributed by atoms with Crippen molar-refractivity contribution in [2.75, 3.05) is 30.4 Å². The van der Waals surface area contributed by atoms with Gasteiger partial charge in [0.2, 0.25) is 0 Å². The molecule has 1 aliphatic heterocycles. The van der Waals surface area contributed by atoms with Crippen LogP contribution in [0.4, 0.5) is 11.6 Å². The Labute approximate surface area is 165 Å². The molecule has 2 N–H and O–H groups in total. The Morgan fingerprint density at radius 2 is 2.00 bits per heavy atom. The Bertz CT molecular complexity index is 990. The molecule has 8 heteroatoms. The number of halogens is 1. The summed E-state index contributed by atoms with van der Waals surface area (Å²) in [6.07, 6.45) is 9.08. The number of aromatic nitrogens is 4. The van der Waals surface area contributed by atoms with E-state index in [2.05, 4.69) is 42.6 Å². The van der Waals surface area contributed by atoms with Gasteiger partial charge in [0.1, 0.15) is 16.1 Å². The number of ether oxygens (including phenoxy) is 1. The first kappa shape index (κ1) is 17.8. The lowest BCUT2D eigenvalue weighted by Crippen LogP contribution is -2.28. The molecule has 138 valence electrons. The lowest BCUT2D eigenvalue weighted by Gasteiger charge is -2.24. The number of anilines is 2. The molecule has 1 aliphatic rings. The van der Waals surface area contributed by atoms with E-state index >= 15 is 0 Å². The largest absolute Gasteiger partial charge is 0.381 e. The number of rotatable bonds is 5. The van der Waals surface area contributed by atoms with Crippen LogP contribution in [0.5, 0.6) is 0 Å². The molecule has 0 bridgehead atoms. The number of hydrogen-bond donors (Lipinski definition) is 2. The highest BCUT2D eigenvalue weighted by molar-refractivity contribution is 9.10. The third-order valence-corrected chi connectivity index (χ3v) is 5.18. The van der Waals surface area contributed by atoms with Gasteiger partial charge in [-0.3, -0.25) is 0 Å². The van der Waals surface area contributed by atoms with Crippen LogP contribution in [-0.4, -0.2) is 45.5 Å². The van der Waals surface area contributed by atoms with Crippen LogP contribution in [0.2, 0.25) is 0 Å². The first-order valence-corrected chi connectivity index (χ1v) is 9.58. The van der Waals surface area contributed by atoms with Gasteiger partial charge in [-0.2, -0.15) is 19.7 Å². The molecule has 1 saturated heterocycles. The zero-order valence-electron chi connectivity index (χ0n) is 14.7. The Kier molecular flexibility index (Phi) is 5.23. The molecule has 2 aromatic heterocycles. The summed E-state index contributed by atoms with van der Waals surface area (Å²) in [5.74, 6) is 4.40. The summed E-state index contributed by atoms with van der Waals surface area (Å²) in [6.45, 7) is 1.87. The molecule has 1 aromatic carbocycles. The number of para-hydroxylation sites is 1. The minimum absolute atomic E-state index is 0.299. The molecule has 0 radical (unpaired) electrons. The zero-order chi connectivity index (χ0) is 18.6. The maximum Gasteiger partial charge on any atom is 0.255 e. The summed E-state index contributed by atoms with van der Waals surface area (Å²) in [5.41, 5.74) is 0.944. The highest BCUT2D eigenvalue weighted by Crippen LogP contribution is 2.30. The van der Waals surface area contributed by atoms with E-state index in [4.69, 9.17) is 16.1 Å². The SMILES string of the molecule is C#CCNc1nc(-n2ncc3ccccc32)nc(NC2CCOCC2)c1Br. The maximum atomic E-state index is 5.44. The van der Waals surface area contributed by atoms with Crippen LogP contribution in [0.25, 0.3) is 16.9 Å². The molecule has 0 amide bonds. The number of nitrogens with zero attached hydrogens (tertiary/aromatic N) is 4. The van der Waals surface area contributed by atoms with Crippen LogP contribution in [0.1, 0.15) is 12.8 Å². The van der Waals surface area contributed by atoms with E-state index < -0.39 is 0 Å². The number of benzene rings is 1. The standard InChI is InChI=1S/C19H19BrN6O/c1-2-9-21-17-16(20)18(23-14-7-10-27-11-8-14)25-19(24-17)26-15-6-4-3-5-13(15)12-22-26/h1,3-6,12,14H,7-11H2,(H2,21,23,24,25). The minimum Gasteiger partial charge on any atom is -0.381 e. The Morgan fingerprint density at radius 3 is 2.81 bits per heavy atom. The van der Waals surface area contributed by atoms with Crippen molar-refractivity contribution < 1.29 is 4.74 Å². The van der Waals surface area contributed by atoms with Crippen molar-refractivity contribution in [2.24, 2.45) is 0 Å². The van der Waals surface area contributed by atoms with Crippen LogP contribution < -0.4 is 10.6 Å². The molecule has 0 atom stereocenters. The molecular formula is C19H19BrN6O. The van der Waals surface area contributed by atoms with E-state index in [0.29, 0.717) is 30.2 Å². The minimum atomic E-state index is 0.299. The van der Waals surface area contributed by atoms with E-state index in [0.717, 1.165) is 41.4 Å². The van der Waals surface area contributed by atoms with Gasteiger partial charge in [-0.15, -0.1) is 6.42 Å². The van der Waals surface area contributed by atoms with Crippen LogP contribution in [0, 0.1) is 12.3 Å². The second-order valence-electron chi connectivity index (χ2n) is 6.24. The van der Waals surface area contributed by atoms with Gasteiger partial charge in [0.15, 0.2) is 0 Å². The molecule has 27 heavy (non-hydrogen) atoms. The molecule has 7 nitrogen and oxygen atoms in total. The highest BCUT2D eigenvalue weighted by atomic mass is 79.9. The van der Waals surface area contributed by atoms with E-state index in [-0.39, 0.29) is 0 Å². The number of fused-ring (bicyclic) bond motifs is 1. The lowest BCUT2D eigenvalue weighted by molar-refractivity contribution is 0.0904. The quantitative estimate of drug-likeness (QED) is 0.609. The molecule has 0 unspecified atom stereocenters. The molecule has 1 fully saturated rings. The Hall–Kier alpha value is -2.63. The second kappa shape index (κ2) is 7.94. The van der Waals surface area contributed by atoms with Crippen molar-refractivity contribution in [1.82, 2.24) is 19.7 Å². The van der Waals surface area contributed by atoms with Gasteiger partial charge in [-0.25, -0.2) is 0 Å². The maximum absolute atomic E-state index is 5.44. The van der Waals surface area contributed by atoms with Gasteiger partial charge < -0.3 is 15.4 Å². The zero-order valence-corrected chi connectivity index (χ0v) is 16.2. The van der Waals surface area contributed by atoms with Gasteiger partial charge in [0.05, 0.1) is 18.3 Å². The van der Waals surface area contributed by atoms with Crippen molar-refractivity contribution in [3.05, 3.63) is 34.9 Å². The predicted molar refractivity (Wildman–Crippen MR) is 109 cm³/mol. The molecule has 3 aromatic rings. The fourth-order valence-corrected chi connectivity index (χ4v) is 3.48. The van der Waals surface area contributed by atoms with Gasteiger partial charge in [0, 0.05) is 24.6 Å². The van der Waals surface area contributed by atoms with Crippen LogP contribution in [0.15, 0.2) is 34.9 Å². The average Bonchev–Trinajstić information content (AvgIpc) is 3.13. The molecule has 0 saturated carbocycles. The Morgan fingerprint density at radius 1 is 1.22 bits per heavy atom. The van der Waals surface area contributed by atoms with Gasteiger partial charge in [0.25, 0.3) is 5.95 Å². The first-order valence-electron chi connectivity index (χ1n) is 8.78.